The standard InChI is InChI=1S/C20H23N5S/c1-14-5-4-8-17(23-14)24-9-11-25(12-10-24)19-18-15-6-2-3-7-16(15)26-20(18)22-13-21-19/h4-5,8,13H,2-3,6-7,9-12H2,1H3. The van der Waals surface area contributed by atoms with Crippen molar-refractivity contribution in [2.45, 2.75) is 32.6 Å². The van der Waals surface area contributed by atoms with Gasteiger partial charge in [0.1, 0.15) is 22.8 Å². The van der Waals surface area contributed by atoms with Crippen LogP contribution >= 0.6 is 11.3 Å². The van der Waals surface area contributed by atoms with Crippen LogP contribution < -0.4 is 9.80 Å². The number of hydrogen-bond acceptors (Lipinski definition) is 6. The first-order valence-corrected chi connectivity index (χ1v) is 10.3. The number of aromatic nitrogens is 3. The lowest BCUT2D eigenvalue weighted by molar-refractivity contribution is 0.642. The lowest BCUT2D eigenvalue weighted by atomic mass is 9.97. The molecule has 0 spiro atoms. The third-order valence-corrected chi connectivity index (χ3v) is 6.71. The second kappa shape index (κ2) is 6.50. The van der Waals surface area contributed by atoms with E-state index in [1.54, 1.807) is 6.33 Å². The molecule has 4 heterocycles. The van der Waals surface area contributed by atoms with Crippen molar-refractivity contribution in [2.75, 3.05) is 36.0 Å². The molecule has 1 aliphatic heterocycles. The van der Waals surface area contributed by atoms with E-state index in [1.807, 2.05) is 11.3 Å². The smallest absolute Gasteiger partial charge is 0.141 e. The van der Waals surface area contributed by atoms with Crippen LogP contribution in [-0.2, 0) is 12.8 Å². The van der Waals surface area contributed by atoms with Gasteiger partial charge in [0, 0.05) is 36.8 Å². The lowest BCUT2D eigenvalue weighted by Gasteiger charge is -2.36. The summed E-state index contributed by atoms with van der Waals surface area (Å²) in [6.07, 6.45) is 6.74. The molecule has 0 atom stereocenters. The second-order valence-corrected chi connectivity index (χ2v) is 8.28. The fraction of sp³-hybridized carbons (Fsp3) is 0.450. The van der Waals surface area contributed by atoms with Crippen molar-refractivity contribution in [3.8, 4) is 0 Å². The first kappa shape index (κ1) is 16.0. The average molecular weight is 366 g/mol. The number of nitrogens with zero attached hydrogens (tertiary/aromatic N) is 5. The van der Waals surface area contributed by atoms with Crippen molar-refractivity contribution in [1.29, 1.82) is 0 Å². The van der Waals surface area contributed by atoms with Gasteiger partial charge in [-0.05, 0) is 50.3 Å². The van der Waals surface area contributed by atoms with Crippen molar-refractivity contribution >= 4 is 33.2 Å². The zero-order chi connectivity index (χ0) is 17.5. The molecule has 134 valence electrons. The van der Waals surface area contributed by atoms with Gasteiger partial charge in [-0.1, -0.05) is 6.07 Å². The van der Waals surface area contributed by atoms with Gasteiger partial charge in [-0.25, -0.2) is 15.0 Å². The molecular weight excluding hydrogens is 342 g/mol. The molecule has 0 N–H and O–H groups in total. The van der Waals surface area contributed by atoms with Crippen LogP contribution in [0.5, 0.6) is 0 Å². The molecule has 3 aromatic heterocycles. The summed E-state index contributed by atoms with van der Waals surface area (Å²) in [5.74, 6) is 2.23. The number of rotatable bonds is 2. The topological polar surface area (TPSA) is 45.2 Å². The molecule has 0 aromatic carbocycles. The number of aryl methyl sites for hydroxylation is 3. The number of piperazine rings is 1. The van der Waals surface area contributed by atoms with Crippen LogP contribution in [0, 0.1) is 6.92 Å². The van der Waals surface area contributed by atoms with Gasteiger partial charge in [-0.15, -0.1) is 11.3 Å². The van der Waals surface area contributed by atoms with Gasteiger partial charge in [-0.3, -0.25) is 0 Å². The molecule has 6 heteroatoms. The highest BCUT2D eigenvalue weighted by Gasteiger charge is 2.25. The Morgan fingerprint density at radius 2 is 1.77 bits per heavy atom. The van der Waals surface area contributed by atoms with Crippen LogP contribution in [0.1, 0.15) is 29.0 Å². The van der Waals surface area contributed by atoms with E-state index in [9.17, 15) is 0 Å². The first-order chi connectivity index (χ1) is 12.8. The molecule has 0 radical (unpaired) electrons. The third-order valence-electron chi connectivity index (χ3n) is 5.51. The van der Waals surface area contributed by atoms with Crippen LogP contribution in [0.25, 0.3) is 10.2 Å². The van der Waals surface area contributed by atoms with Crippen molar-refractivity contribution in [2.24, 2.45) is 0 Å². The van der Waals surface area contributed by atoms with E-state index in [4.69, 9.17) is 4.98 Å². The number of fused-ring (bicyclic) bond motifs is 3. The minimum atomic E-state index is 0.979. The Hall–Kier alpha value is -2.21. The van der Waals surface area contributed by atoms with Crippen molar-refractivity contribution < 1.29 is 0 Å². The number of thiophene rings is 1. The second-order valence-electron chi connectivity index (χ2n) is 7.20. The van der Waals surface area contributed by atoms with Gasteiger partial charge < -0.3 is 9.80 Å². The van der Waals surface area contributed by atoms with Crippen LogP contribution in [-0.4, -0.2) is 41.1 Å². The molecule has 1 fully saturated rings. The van der Waals surface area contributed by atoms with Gasteiger partial charge in [-0.2, -0.15) is 0 Å². The number of hydrogen-bond donors (Lipinski definition) is 0. The van der Waals surface area contributed by atoms with Crippen LogP contribution in [0.4, 0.5) is 11.6 Å². The zero-order valence-corrected chi connectivity index (χ0v) is 15.9. The summed E-state index contributed by atoms with van der Waals surface area (Å²) < 4.78 is 0. The van der Waals surface area contributed by atoms with Gasteiger partial charge in [0.05, 0.1) is 5.39 Å². The van der Waals surface area contributed by atoms with E-state index in [2.05, 4.69) is 44.9 Å². The molecule has 0 saturated carbocycles. The molecule has 26 heavy (non-hydrogen) atoms. The Bertz CT molecular complexity index is 943. The Labute approximate surface area is 157 Å². The van der Waals surface area contributed by atoms with Crippen molar-refractivity contribution in [3.05, 3.63) is 40.7 Å². The maximum atomic E-state index is 4.71. The molecule has 0 bridgehead atoms. The molecule has 2 aliphatic rings. The fourth-order valence-electron chi connectivity index (χ4n) is 4.17. The largest absolute Gasteiger partial charge is 0.353 e. The average Bonchev–Trinajstić information content (AvgIpc) is 3.07. The summed E-state index contributed by atoms with van der Waals surface area (Å²) in [6.45, 7) is 5.97. The van der Waals surface area contributed by atoms with Crippen LogP contribution in [0.2, 0.25) is 0 Å². The molecule has 0 unspecified atom stereocenters. The fourth-order valence-corrected chi connectivity index (χ4v) is 5.39. The summed E-state index contributed by atoms with van der Waals surface area (Å²) in [6, 6.07) is 6.26. The van der Waals surface area contributed by atoms with Gasteiger partial charge in [0.2, 0.25) is 0 Å². The van der Waals surface area contributed by atoms with E-state index in [0.29, 0.717) is 0 Å². The first-order valence-electron chi connectivity index (χ1n) is 9.48. The van der Waals surface area contributed by atoms with Crippen LogP contribution in [0.3, 0.4) is 0 Å². The number of pyridine rings is 1. The summed E-state index contributed by atoms with van der Waals surface area (Å²) >= 11 is 1.88. The van der Waals surface area contributed by atoms with E-state index < -0.39 is 0 Å². The SMILES string of the molecule is Cc1cccc(N2CCN(c3ncnc4sc5c(c34)CCCC5)CC2)n1. The van der Waals surface area contributed by atoms with Gasteiger partial charge >= 0.3 is 0 Å². The molecule has 1 saturated heterocycles. The third kappa shape index (κ3) is 2.72. The molecule has 0 amide bonds. The Balaban J connectivity index is 1.42. The van der Waals surface area contributed by atoms with Gasteiger partial charge in [0.15, 0.2) is 0 Å². The predicted molar refractivity (Wildman–Crippen MR) is 107 cm³/mol. The van der Waals surface area contributed by atoms with E-state index in [0.717, 1.165) is 43.5 Å². The van der Waals surface area contributed by atoms with Gasteiger partial charge in [0.25, 0.3) is 0 Å². The minimum Gasteiger partial charge on any atom is -0.353 e. The van der Waals surface area contributed by atoms with E-state index in [-0.39, 0.29) is 0 Å². The summed E-state index contributed by atoms with van der Waals surface area (Å²) in [4.78, 5) is 21.5. The highest BCUT2D eigenvalue weighted by molar-refractivity contribution is 7.19. The van der Waals surface area contributed by atoms with Crippen LogP contribution in [0.15, 0.2) is 24.5 Å². The summed E-state index contributed by atoms with van der Waals surface area (Å²) in [5, 5.41) is 1.33. The van der Waals surface area contributed by atoms with Crippen molar-refractivity contribution in [1.82, 2.24) is 15.0 Å². The van der Waals surface area contributed by atoms with Crippen molar-refractivity contribution in [3.63, 3.8) is 0 Å². The summed E-state index contributed by atoms with van der Waals surface area (Å²) in [5.41, 5.74) is 2.60. The molecule has 5 nitrogen and oxygen atoms in total. The zero-order valence-electron chi connectivity index (χ0n) is 15.1. The molecular formula is C20H23N5S. The maximum absolute atomic E-state index is 4.71. The number of anilines is 2. The minimum absolute atomic E-state index is 0.979. The quantitative estimate of drug-likeness (QED) is 0.694. The highest BCUT2D eigenvalue weighted by Crippen LogP contribution is 2.39. The molecule has 5 rings (SSSR count). The predicted octanol–water partition coefficient (Wildman–Crippen LogP) is 3.60. The normalized spacial score (nSPS) is 17.6. The lowest BCUT2D eigenvalue weighted by Crippen LogP contribution is -2.47. The molecule has 1 aliphatic carbocycles. The van der Waals surface area contributed by atoms with E-state index in [1.165, 1.54) is 46.3 Å². The maximum Gasteiger partial charge on any atom is 0.141 e. The Morgan fingerprint density at radius 3 is 2.62 bits per heavy atom. The van der Waals surface area contributed by atoms with E-state index >= 15 is 0 Å². The summed E-state index contributed by atoms with van der Waals surface area (Å²) in [7, 11) is 0. The Morgan fingerprint density at radius 1 is 0.962 bits per heavy atom. The molecule has 3 aromatic rings. The highest BCUT2D eigenvalue weighted by atomic mass is 32.1. The Kier molecular flexibility index (Phi) is 4.00. The monoisotopic (exact) mass is 365 g/mol.